The number of carbonyl (C=O) groups excluding carboxylic acids is 1. The molecule has 0 aliphatic carbocycles. The SMILES string of the molecule is Cc1cccc(NC(=O)c2cnn(C)c2N)c1Br. The topological polar surface area (TPSA) is 72.9 Å². The molecular formula is C12H13BrN4O. The lowest BCUT2D eigenvalue weighted by molar-refractivity contribution is 0.102. The van der Waals surface area contributed by atoms with Gasteiger partial charge in [-0.05, 0) is 34.5 Å². The third-order valence-corrected chi connectivity index (χ3v) is 3.72. The number of carbonyl (C=O) groups is 1. The maximum Gasteiger partial charge on any atom is 0.261 e. The van der Waals surface area contributed by atoms with Gasteiger partial charge in [-0.3, -0.25) is 9.48 Å². The quantitative estimate of drug-likeness (QED) is 0.894. The number of hydrogen-bond acceptors (Lipinski definition) is 3. The Hall–Kier alpha value is -1.82. The Labute approximate surface area is 113 Å². The summed E-state index contributed by atoms with van der Waals surface area (Å²) in [4.78, 5) is 12.0. The zero-order valence-corrected chi connectivity index (χ0v) is 11.7. The van der Waals surface area contributed by atoms with Gasteiger partial charge in [0.2, 0.25) is 0 Å². The standard InChI is InChI=1S/C12H13BrN4O/c1-7-4-3-5-9(10(7)13)16-12(18)8-6-15-17(2)11(8)14/h3-6H,14H2,1-2H3,(H,16,18). The number of hydrogen-bond donors (Lipinski definition) is 2. The van der Waals surface area contributed by atoms with Gasteiger partial charge in [0.1, 0.15) is 11.4 Å². The van der Waals surface area contributed by atoms with Gasteiger partial charge in [0.15, 0.2) is 0 Å². The molecule has 0 aliphatic rings. The fourth-order valence-electron chi connectivity index (χ4n) is 1.56. The minimum atomic E-state index is -0.271. The second-order valence-electron chi connectivity index (χ2n) is 3.96. The van der Waals surface area contributed by atoms with Gasteiger partial charge >= 0.3 is 0 Å². The van der Waals surface area contributed by atoms with Crippen molar-refractivity contribution in [3.63, 3.8) is 0 Å². The highest BCUT2D eigenvalue weighted by Crippen LogP contribution is 2.26. The molecule has 5 nitrogen and oxygen atoms in total. The van der Waals surface area contributed by atoms with Gasteiger partial charge in [0.25, 0.3) is 5.91 Å². The van der Waals surface area contributed by atoms with Crippen LogP contribution in [0.15, 0.2) is 28.9 Å². The van der Waals surface area contributed by atoms with Crippen molar-refractivity contribution >= 4 is 33.3 Å². The van der Waals surface area contributed by atoms with Crippen LogP contribution in [0.4, 0.5) is 11.5 Å². The molecule has 0 unspecified atom stereocenters. The lowest BCUT2D eigenvalue weighted by Gasteiger charge is -2.08. The van der Waals surface area contributed by atoms with Gasteiger partial charge in [0, 0.05) is 11.5 Å². The molecule has 0 bridgehead atoms. The molecule has 1 heterocycles. The van der Waals surface area contributed by atoms with E-state index in [0.29, 0.717) is 17.1 Å². The molecule has 0 radical (unpaired) electrons. The first kappa shape index (κ1) is 12.6. The first-order chi connectivity index (χ1) is 8.50. The van der Waals surface area contributed by atoms with Crippen molar-refractivity contribution in [1.29, 1.82) is 0 Å². The van der Waals surface area contributed by atoms with Crippen molar-refractivity contribution in [3.8, 4) is 0 Å². The normalized spacial score (nSPS) is 10.4. The Balaban J connectivity index is 2.27. The molecule has 2 rings (SSSR count). The van der Waals surface area contributed by atoms with Crippen LogP contribution in [-0.4, -0.2) is 15.7 Å². The number of rotatable bonds is 2. The van der Waals surface area contributed by atoms with E-state index in [-0.39, 0.29) is 5.91 Å². The number of nitrogens with zero attached hydrogens (tertiary/aromatic N) is 2. The predicted octanol–water partition coefficient (Wildman–Crippen LogP) is 2.33. The van der Waals surface area contributed by atoms with Crippen LogP contribution in [0.2, 0.25) is 0 Å². The van der Waals surface area contributed by atoms with Gasteiger partial charge in [-0.15, -0.1) is 0 Å². The van der Waals surface area contributed by atoms with E-state index in [1.54, 1.807) is 7.05 Å². The minimum absolute atomic E-state index is 0.271. The van der Waals surface area contributed by atoms with Crippen molar-refractivity contribution in [3.05, 3.63) is 40.0 Å². The summed E-state index contributed by atoms with van der Waals surface area (Å²) >= 11 is 3.44. The molecule has 0 spiro atoms. The zero-order chi connectivity index (χ0) is 13.3. The summed E-state index contributed by atoms with van der Waals surface area (Å²) in [6, 6.07) is 5.65. The number of aromatic nitrogens is 2. The largest absolute Gasteiger partial charge is 0.383 e. The number of amides is 1. The highest BCUT2D eigenvalue weighted by Gasteiger charge is 2.15. The van der Waals surface area contributed by atoms with Crippen molar-refractivity contribution in [2.75, 3.05) is 11.1 Å². The lowest BCUT2D eigenvalue weighted by Crippen LogP contribution is -2.14. The summed E-state index contributed by atoms with van der Waals surface area (Å²) in [6.07, 6.45) is 1.45. The molecule has 1 aromatic carbocycles. The summed E-state index contributed by atoms with van der Waals surface area (Å²) in [6.45, 7) is 1.96. The third kappa shape index (κ3) is 2.24. The van der Waals surface area contributed by atoms with Gasteiger partial charge in [-0.2, -0.15) is 5.10 Å². The maximum absolute atomic E-state index is 12.0. The first-order valence-electron chi connectivity index (χ1n) is 5.34. The van der Waals surface area contributed by atoms with E-state index in [9.17, 15) is 4.79 Å². The summed E-state index contributed by atoms with van der Waals surface area (Å²) < 4.78 is 2.32. The van der Waals surface area contributed by atoms with Crippen LogP contribution in [0, 0.1) is 6.92 Å². The van der Waals surface area contributed by atoms with E-state index in [1.807, 2.05) is 25.1 Å². The minimum Gasteiger partial charge on any atom is -0.383 e. The van der Waals surface area contributed by atoms with E-state index in [4.69, 9.17) is 5.73 Å². The molecule has 0 aliphatic heterocycles. The molecular weight excluding hydrogens is 296 g/mol. The zero-order valence-electron chi connectivity index (χ0n) is 10.1. The molecule has 3 N–H and O–H groups in total. The molecule has 1 aromatic heterocycles. The highest BCUT2D eigenvalue weighted by molar-refractivity contribution is 9.10. The summed E-state index contributed by atoms with van der Waals surface area (Å²) in [7, 11) is 1.69. The molecule has 1 amide bonds. The van der Waals surface area contributed by atoms with Crippen molar-refractivity contribution in [2.24, 2.45) is 7.05 Å². The summed E-state index contributed by atoms with van der Waals surface area (Å²) in [5.74, 6) is 0.0724. The van der Waals surface area contributed by atoms with Gasteiger partial charge < -0.3 is 11.1 Å². The van der Waals surface area contributed by atoms with E-state index in [1.165, 1.54) is 10.9 Å². The van der Waals surface area contributed by atoms with Crippen LogP contribution >= 0.6 is 15.9 Å². The van der Waals surface area contributed by atoms with Crippen LogP contribution in [0.3, 0.4) is 0 Å². The van der Waals surface area contributed by atoms with E-state index < -0.39 is 0 Å². The lowest BCUT2D eigenvalue weighted by atomic mass is 10.2. The first-order valence-corrected chi connectivity index (χ1v) is 6.14. The van der Waals surface area contributed by atoms with Crippen LogP contribution in [-0.2, 0) is 7.05 Å². The smallest absolute Gasteiger partial charge is 0.261 e. The predicted molar refractivity (Wildman–Crippen MR) is 74.5 cm³/mol. The Morgan fingerprint density at radius 2 is 2.22 bits per heavy atom. The molecule has 0 saturated heterocycles. The number of benzene rings is 1. The van der Waals surface area contributed by atoms with Gasteiger partial charge in [0.05, 0.1) is 11.9 Å². The fourth-order valence-corrected chi connectivity index (χ4v) is 1.92. The van der Waals surface area contributed by atoms with Crippen molar-refractivity contribution in [2.45, 2.75) is 6.92 Å². The van der Waals surface area contributed by atoms with Crippen LogP contribution in [0.25, 0.3) is 0 Å². The van der Waals surface area contributed by atoms with Crippen LogP contribution in [0.1, 0.15) is 15.9 Å². The molecule has 6 heteroatoms. The monoisotopic (exact) mass is 308 g/mol. The molecule has 18 heavy (non-hydrogen) atoms. The second-order valence-corrected chi connectivity index (χ2v) is 4.75. The van der Waals surface area contributed by atoms with Gasteiger partial charge in [-0.1, -0.05) is 12.1 Å². The van der Waals surface area contributed by atoms with Crippen LogP contribution in [0.5, 0.6) is 0 Å². The Kier molecular flexibility index (Phi) is 3.38. The van der Waals surface area contributed by atoms with E-state index >= 15 is 0 Å². The highest BCUT2D eigenvalue weighted by atomic mass is 79.9. The molecule has 0 fully saturated rings. The van der Waals surface area contributed by atoms with Crippen molar-refractivity contribution < 1.29 is 4.79 Å². The third-order valence-electron chi connectivity index (χ3n) is 2.67. The summed E-state index contributed by atoms with van der Waals surface area (Å²) in [5, 5.41) is 6.74. The molecule has 2 aromatic rings. The maximum atomic E-state index is 12.0. The Morgan fingerprint density at radius 1 is 1.50 bits per heavy atom. The number of halogens is 1. The van der Waals surface area contributed by atoms with Crippen molar-refractivity contribution in [1.82, 2.24) is 9.78 Å². The number of nitrogen functional groups attached to an aromatic ring is 1. The summed E-state index contributed by atoms with van der Waals surface area (Å²) in [5.41, 5.74) is 7.88. The molecule has 0 atom stereocenters. The van der Waals surface area contributed by atoms with E-state index in [2.05, 4.69) is 26.3 Å². The number of nitrogens with two attached hydrogens (primary N) is 1. The number of aryl methyl sites for hydroxylation is 2. The number of nitrogens with one attached hydrogen (secondary N) is 1. The average molecular weight is 309 g/mol. The van der Waals surface area contributed by atoms with Crippen LogP contribution < -0.4 is 11.1 Å². The fraction of sp³-hybridized carbons (Fsp3) is 0.167. The second kappa shape index (κ2) is 4.81. The van der Waals surface area contributed by atoms with Gasteiger partial charge in [-0.25, -0.2) is 0 Å². The van der Waals surface area contributed by atoms with E-state index in [0.717, 1.165) is 10.0 Å². The molecule has 0 saturated carbocycles. The number of anilines is 2. The Bertz CT molecular complexity index is 606. The Morgan fingerprint density at radius 3 is 2.83 bits per heavy atom. The molecule has 94 valence electrons. The average Bonchev–Trinajstić information content (AvgIpc) is 2.66.